The molecule has 0 aliphatic rings. The van der Waals surface area contributed by atoms with E-state index >= 15 is 0 Å². The predicted octanol–water partition coefficient (Wildman–Crippen LogP) is 5.51. The number of aryl methyl sites for hydroxylation is 1. The zero-order chi connectivity index (χ0) is 19.7. The first-order valence-corrected chi connectivity index (χ1v) is 9.39. The molecule has 4 heteroatoms. The summed E-state index contributed by atoms with van der Waals surface area (Å²) in [6.45, 7) is 4.22. The summed E-state index contributed by atoms with van der Waals surface area (Å²) in [5, 5.41) is 11.3. The summed E-state index contributed by atoms with van der Waals surface area (Å²) in [4.78, 5) is 11.8. The average Bonchev–Trinajstić information content (AvgIpc) is 2.72. The van der Waals surface area contributed by atoms with Gasteiger partial charge in [-0.2, -0.15) is 0 Å². The molecule has 0 fully saturated rings. The van der Waals surface area contributed by atoms with Crippen LogP contribution in [-0.2, 0) is 0 Å². The van der Waals surface area contributed by atoms with Crippen LogP contribution in [0.15, 0.2) is 72.8 Å². The molecule has 3 aromatic carbocycles. The molecular weight excluding hydrogens is 346 g/mol. The number of hydrogen-bond acceptors (Lipinski definition) is 4. The predicted molar refractivity (Wildman–Crippen MR) is 115 cm³/mol. The number of para-hydroxylation sites is 1. The highest BCUT2D eigenvalue weighted by Crippen LogP contribution is 2.34. The Morgan fingerprint density at radius 2 is 1.61 bits per heavy atom. The highest BCUT2D eigenvalue weighted by Gasteiger charge is 2.19. The maximum atomic E-state index is 10.3. The van der Waals surface area contributed by atoms with Crippen LogP contribution in [0.2, 0.25) is 0 Å². The van der Waals surface area contributed by atoms with Crippen molar-refractivity contribution in [3.63, 3.8) is 0 Å². The van der Waals surface area contributed by atoms with E-state index < -0.39 is 0 Å². The van der Waals surface area contributed by atoms with Crippen molar-refractivity contribution in [2.75, 3.05) is 11.9 Å². The quantitative estimate of drug-likeness (QED) is 0.515. The molecule has 1 N–H and O–H groups in total. The van der Waals surface area contributed by atoms with Gasteiger partial charge in [-0.15, -0.1) is 0 Å². The molecule has 28 heavy (non-hydrogen) atoms. The smallest absolute Gasteiger partial charge is 0.165 e. The van der Waals surface area contributed by atoms with Crippen LogP contribution in [0.3, 0.4) is 0 Å². The number of benzene rings is 3. The van der Waals surface area contributed by atoms with Gasteiger partial charge in [-0.1, -0.05) is 48.5 Å². The molecule has 140 valence electrons. The molecule has 0 spiro atoms. The third-order valence-electron chi connectivity index (χ3n) is 5.17. The second-order valence-corrected chi connectivity index (χ2v) is 7.11. The number of hydrogen-bond donors (Lipinski definition) is 1. The summed E-state index contributed by atoms with van der Waals surface area (Å²) in [5.74, 6) is 1.55. The van der Waals surface area contributed by atoms with E-state index in [9.17, 15) is 5.11 Å². The fourth-order valence-corrected chi connectivity index (χ4v) is 3.41. The minimum Gasteiger partial charge on any atom is -0.507 e. The molecule has 0 aliphatic heterocycles. The molecule has 0 aliphatic carbocycles. The zero-order valence-electron chi connectivity index (χ0n) is 16.3. The van der Waals surface area contributed by atoms with Crippen LogP contribution in [0.4, 0.5) is 5.82 Å². The normalized spacial score (nSPS) is 12.1. The van der Waals surface area contributed by atoms with Gasteiger partial charge < -0.3 is 10.0 Å². The molecule has 0 bridgehead atoms. The second kappa shape index (κ2) is 7.31. The number of phenols is 1. The number of aromatic hydroxyl groups is 1. The van der Waals surface area contributed by atoms with Gasteiger partial charge in [-0.3, -0.25) is 0 Å². The van der Waals surface area contributed by atoms with Crippen molar-refractivity contribution in [2.45, 2.75) is 19.9 Å². The van der Waals surface area contributed by atoms with Gasteiger partial charge in [0.2, 0.25) is 0 Å². The molecule has 0 radical (unpaired) electrons. The highest BCUT2D eigenvalue weighted by molar-refractivity contribution is 5.92. The Hall–Kier alpha value is -3.40. The molecule has 1 aromatic heterocycles. The van der Waals surface area contributed by atoms with Gasteiger partial charge in [0.05, 0.1) is 17.1 Å². The Bertz CT molecular complexity index is 1130. The Kier molecular flexibility index (Phi) is 4.70. The first-order valence-electron chi connectivity index (χ1n) is 9.39. The van der Waals surface area contributed by atoms with Crippen molar-refractivity contribution in [3.8, 4) is 17.1 Å². The van der Waals surface area contributed by atoms with Crippen LogP contribution in [0.1, 0.15) is 24.1 Å². The third kappa shape index (κ3) is 3.29. The molecular formula is C24H23N3O. The summed E-state index contributed by atoms with van der Waals surface area (Å²) >= 11 is 0. The van der Waals surface area contributed by atoms with Gasteiger partial charge in [0.15, 0.2) is 5.82 Å². The number of nitrogens with zero attached hydrogens (tertiary/aromatic N) is 3. The number of fused-ring (bicyclic) bond motifs is 1. The van der Waals surface area contributed by atoms with Crippen LogP contribution < -0.4 is 4.90 Å². The standard InChI is InChI=1S/C24H23N3O/c1-16-13-14-19-21(15-16)25-23(20-11-7-8-12-22(20)28)26-24(19)27(3)17(2)18-9-5-4-6-10-18/h4-15,17,28H,1-3H3. The van der Waals surface area contributed by atoms with Crippen LogP contribution in [0, 0.1) is 6.92 Å². The number of rotatable bonds is 4. The van der Waals surface area contributed by atoms with E-state index in [4.69, 9.17) is 9.97 Å². The summed E-state index contributed by atoms with van der Waals surface area (Å²) in [5.41, 5.74) is 3.86. The maximum Gasteiger partial charge on any atom is 0.165 e. The van der Waals surface area contributed by atoms with E-state index in [1.54, 1.807) is 12.1 Å². The summed E-state index contributed by atoms with van der Waals surface area (Å²) in [6.07, 6.45) is 0. The molecule has 0 amide bonds. The van der Waals surface area contributed by atoms with Crippen LogP contribution in [-0.4, -0.2) is 22.1 Å². The fourth-order valence-electron chi connectivity index (χ4n) is 3.41. The Labute approximate surface area is 165 Å². The fraction of sp³-hybridized carbons (Fsp3) is 0.167. The van der Waals surface area contributed by atoms with Gasteiger partial charge >= 0.3 is 0 Å². The zero-order valence-corrected chi connectivity index (χ0v) is 16.3. The van der Waals surface area contributed by atoms with Crippen LogP contribution >= 0.6 is 0 Å². The van der Waals surface area contributed by atoms with Crippen molar-refractivity contribution in [1.29, 1.82) is 0 Å². The first kappa shape index (κ1) is 18.0. The van der Waals surface area contributed by atoms with E-state index in [0.29, 0.717) is 11.4 Å². The monoisotopic (exact) mass is 369 g/mol. The lowest BCUT2D eigenvalue weighted by atomic mass is 10.1. The average molecular weight is 369 g/mol. The van der Waals surface area contributed by atoms with Crippen molar-refractivity contribution in [3.05, 3.63) is 83.9 Å². The van der Waals surface area contributed by atoms with Crippen LogP contribution in [0.25, 0.3) is 22.3 Å². The third-order valence-corrected chi connectivity index (χ3v) is 5.17. The number of anilines is 1. The minimum absolute atomic E-state index is 0.137. The van der Waals surface area contributed by atoms with Crippen molar-refractivity contribution >= 4 is 16.7 Å². The van der Waals surface area contributed by atoms with Gasteiger partial charge in [0.1, 0.15) is 11.6 Å². The van der Waals surface area contributed by atoms with E-state index in [0.717, 1.165) is 22.3 Å². The van der Waals surface area contributed by atoms with Gasteiger partial charge in [0, 0.05) is 12.4 Å². The highest BCUT2D eigenvalue weighted by atomic mass is 16.3. The molecule has 4 nitrogen and oxygen atoms in total. The van der Waals surface area contributed by atoms with Gasteiger partial charge in [0.25, 0.3) is 0 Å². The number of aromatic nitrogens is 2. The molecule has 0 saturated carbocycles. The van der Waals surface area contributed by atoms with E-state index in [-0.39, 0.29) is 11.8 Å². The molecule has 1 heterocycles. The minimum atomic E-state index is 0.137. The molecule has 4 rings (SSSR count). The first-order chi connectivity index (χ1) is 13.5. The van der Waals surface area contributed by atoms with Gasteiger partial charge in [-0.05, 0) is 49.2 Å². The Morgan fingerprint density at radius 1 is 0.893 bits per heavy atom. The summed E-state index contributed by atoms with van der Waals surface area (Å²) in [6, 6.07) is 23.9. The van der Waals surface area contributed by atoms with Crippen molar-refractivity contribution < 1.29 is 5.11 Å². The van der Waals surface area contributed by atoms with Crippen molar-refractivity contribution in [1.82, 2.24) is 9.97 Å². The topological polar surface area (TPSA) is 49.2 Å². The summed E-state index contributed by atoms with van der Waals surface area (Å²) < 4.78 is 0. The molecule has 1 atom stereocenters. The van der Waals surface area contributed by atoms with E-state index in [1.165, 1.54) is 5.56 Å². The van der Waals surface area contributed by atoms with Crippen molar-refractivity contribution in [2.24, 2.45) is 0 Å². The molecule has 4 aromatic rings. The Balaban J connectivity index is 1.90. The molecule has 1 unspecified atom stereocenters. The summed E-state index contributed by atoms with van der Waals surface area (Å²) in [7, 11) is 2.05. The SMILES string of the molecule is Cc1ccc2c(N(C)C(C)c3ccccc3)nc(-c3ccccc3O)nc2c1. The lowest BCUT2D eigenvalue weighted by Gasteiger charge is -2.28. The van der Waals surface area contributed by atoms with E-state index in [2.05, 4.69) is 61.2 Å². The lowest BCUT2D eigenvalue weighted by Crippen LogP contribution is -2.23. The van der Waals surface area contributed by atoms with Gasteiger partial charge in [-0.25, -0.2) is 9.97 Å². The molecule has 0 saturated heterocycles. The van der Waals surface area contributed by atoms with Crippen LogP contribution in [0.5, 0.6) is 5.75 Å². The van der Waals surface area contributed by atoms with E-state index in [1.807, 2.05) is 25.2 Å². The largest absolute Gasteiger partial charge is 0.507 e. The maximum absolute atomic E-state index is 10.3. The second-order valence-electron chi connectivity index (χ2n) is 7.11. The number of phenolic OH excluding ortho intramolecular Hbond substituents is 1. The Morgan fingerprint density at radius 3 is 2.36 bits per heavy atom. The lowest BCUT2D eigenvalue weighted by molar-refractivity contribution is 0.477.